The summed E-state index contributed by atoms with van der Waals surface area (Å²) in [5.41, 5.74) is 0. The molecule has 0 aromatic heterocycles. The molecule has 0 unspecified atom stereocenters. The standard InChI is InChI=1S/C16H30O.C14H24O2/c1-2-3-4-5-6-7-8-9-10-11-12-13-14-15-16-17;1-3-4-5-6-7-8-9-10-11-12-13-16-14(2)15/h5-6,9-10,17H,2-4,7-8,11-16H2,1H3;3-4,9-10H,5-8,11-13H2,1-2H3/b6-5-,10-9-;4-3+,10-9+. The van der Waals surface area contributed by atoms with Crippen molar-refractivity contribution >= 4 is 5.97 Å². The van der Waals surface area contributed by atoms with Crippen LogP contribution in [0.25, 0.3) is 0 Å². The van der Waals surface area contributed by atoms with Gasteiger partial charge in [0.2, 0.25) is 0 Å². The summed E-state index contributed by atoms with van der Waals surface area (Å²) in [5.74, 6) is -0.187. The van der Waals surface area contributed by atoms with Gasteiger partial charge in [0.05, 0.1) is 6.61 Å². The predicted octanol–water partition coefficient (Wildman–Crippen LogP) is 9.03. The fourth-order valence-electron chi connectivity index (χ4n) is 3.06. The van der Waals surface area contributed by atoms with Crippen molar-refractivity contribution in [1.82, 2.24) is 0 Å². The van der Waals surface area contributed by atoms with Crippen molar-refractivity contribution in [2.24, 2.45) is 0 Å². The number of ether oxygens (including phenoxy) is 1. The van der Waals surface area contributed by atoms with Crippen molar-refractivity contribution in [3.63, 3.8) is 0 Å². The van der Waals surface area contributed by atoms with E-state index in [2.05, 4.69) is 62.5 Å². The van der Waals surface area contributed by atoms with Gasteiger partial charge in [0.15, 0.2) is 0 Å². The topological polar surface area (TPSA) is 46.5 Å². The average molecular weight is 463 g/mol. The van der Waals surface area contributed by atoms with Crippen LogP contribution in [0.4, 0.5) is 0 Å². The molecule has 192 valence electrons. The van der Waals surface area contributed by atoms with Crippen LogP contribution in [0, 0.1) is 0 Å². The second kappa shape index (κ2) is 32.6. The lowest BCUT2D eigenvalue weighted by atomic mass is 10.1. The Balaban J connectivity index is 0. The number of unbranched alkanes of at least 4 members (excludes halogenated alkanes) is 11. The summed E-state index contributed by atoms with van der Waals surface area (Å²) in [6.07, 6.45) is 36.8. The van der Waals surface area contributed by atoms with Crippen LogP contribution in [0.15, 0.2) is 48.6 Å². The molecule has 0 fully saturated rings. The summed E-state index contributed by atoms with van der Waals surface area (Å²) in [6, 6.07) is 0. The van der Waals surface area contributed by atoms with Crippen LogP contribution < -0.4 is 0 Å². The highest BCUT2D eigenvalue weighted by molar-refractivity contribution is 5.65. The average Bonchev–Trinajstić information content (AvgIpc) is 2.81. The third kappa shape index (κ3) is 38.0. The molecule has 3 nitrogen and oxygen atoms in total. The first-order chi connectivity index (χ1) is 16.2. The van der Waals surface area contributed by atoms with E-state index in [1.54, 1.807) is 0 Å². The monoisotopic (exact) mass is 462 g/mol. The molecule has 0 atom stereocenters. The lowest BCUT2D eigenvalue weighted by molar-refractivity contribution is -0.141. The van der Waals surface area contributed by atoms with Crippen molar-refractivity contribution in [3.8, 4) is 0 Å². The number of allylic oxidation sites excluding steroid dienone is 8. The van der Waals surface area contributed by atoms with Gasteiger partial charge < -0.3 is 9.84 Å². The number of rotatable bonds is 21. The fourth-order valence-corrected chi connectivity index (χ4v) is 3.06. The van der Waals surface area contributed by atoms with Crippen molar-refractivity contribution in [3.05, 3.63) is 48.6 Å². The second-order valence-electron chi connectivity index (χ2n) is 8.40. The fraction of sp³-hybridized carbons (Fsp3) is 0.700. The molecular formula is C30H54O3. The first-order valence-electron chi connectivity index (χ1n) is 13.5. The van der Waals surface area contributed by atoms with Crippen LogP contribution >= 0.6 is 0 Å². The van der Waals surface area contributed by atoms with Crippen LogP contribution in [-0.2, 0) is 9.53 Å². The van der Waals surface area contributed by atoms with E-state index in [0.717, 1.165) is 25.7 Å². The molecule has 0 bridgehead atoms. The van der Waals surface area contributed by atoms with E-state index in [1.807, 2.05) is 0 Å². The molecule has 0 saturated carbocycles. The van der Waals surface area contributed by atoms with E-state index in [0.29, 0.717) is 13.2 Å². The molecule has 0 aliphatic heterocycles. The van der Waals surface area contributed by atoms with E-state index >= 15 is 0 Å². The van der Waals surface area contributed by atoms with Gasteiger partial charge in [-0.15, -0.1) is 0 Å². The highest BCUT2D eigenvalue weighted by Gasteiger charge is 1.90. The molecule has 0 heterocycles. The van der Waals surface area contributed by atoms with Crippen LogP contribution in [0.2, 0.25) is 0 Å². The quantitative estimate of drug-likeness (QED) is 0.105. The molecule has 0 aromatic carbocycles. The Morgan fingerprint density at radius 3 is 1.61 bits per heavy atom. The number of carbonyl (C=O) groups is 1. The Morgan fingerprint density at radius 2 is 1.09 bits per heavy atom. The Kier molecular flexibility index (Phi) is 33.1. The van der Waals surface area contributed by atoms with E-state index in [-0.39, 0.29) is 5.97 Å². The minimum absolute atomic E-state index is 0.187. The van der Waals surface area contributed by atoms with Gasteiger partial charge in [-0.3, -0.25) is 4.79 Å². The van der Waals surface area contributed by atoms with Crippen molar-refractivity contribution < 1.29 is 14.6 Å². The molecule has 0 aromatic rings. The van der Waals surface area contributed by atoms with Crippen LogP contribution in [0.5, 0.6) is 0 Å². The maximum atomic E-state index is 10.5. The molecule has 1 N–H and O–H groups in total. The van der Waals surface area contributed by atoms with Crippen LogP contribution in [-0.4, -0.2) is 24.3 Å². The van der Waals surface area contributed by atoms with E-state index in [1.165, 1.54) is 84.0 Å². The van der Waals surface area contributed by atoms with E-state index < -0.39 is 0 Å². The third-order valence-corrected chi connectivity index (χ3v) is 5.05. The molecule has 33 heavy (non-hydrogen) atoms. The zero-order valence-corrected chi connectivity index (χ0v) is 22.1. The summed E-state index contributed by atoms with van der Waals surface area (Å²) in [6.45, 7) is 6.63. The third-order valence-electron chi connectivity index (χ3n) is 5.05. The van der Waals surface area contributed by atoms with Gasteiger partial charge in [-0.05, 0) is 84.0 Å². The smallest absolute Gasteiger partial charge is 0.302 e. The molecule has 0 rings (SSSR count). The molecule has 0 radical (unpaired) electrons. The van der Waals surface area contributed by atoms with Crippen molar-refractivity contribution in [1.29, 1.82) is 0 Å². The van der Waals surface area contributed by atoms with Gasteiger partial charge in [0, 0.05) is 13.5 Å². The normalized spacial score (nSPS) is 11.6. The summed E-state index contributed by atoms with van der Waals surface area (Å²) in [7, 11) is 0. The van der Waals surface area contributed by atoms with Crippen LogP contribution in [0.3, 0.4) is 0 Å². The Bertz CT molecular complexity index is 489. The summed E-state index contributed by atoms with van der Waals surface area (Å²) < 4.78 is 4.83. The SMILES string of the molecule is C/C=C/CCCC/C=C/CCCOC(C)=O.CCCC/C=C\CC/C=C\CCCCCCO. The highest BCUT2D eigenvalue weighted by Crippen LogP contribution is 2.05. The predicted molar refractivity (Wildman–Crippen MR) is 145 cm³/mol. The maximum Gasteiger partial charge on any atom is 0.302 e. The summed E-state index contributed by atoms with van der Waals surface area (Å²) in [5, 5.41) is 8.62. The maximum absolute atomic E-state index is 10.5. The molecule has 0 aliphatic rings. The number of hydrogen-bond donors (Lipinski definition) is 1. The van der Waals surface area contributed by atoms with Gasteiger partial charge >= 0.3 is 5.97 Å². The number of carbonyl (C=O) groups excluding carboxylic acids is 1. The second-order valence-corrected chi connectivity index (χ2v) is 8.40. The lowest BCUT2D eigenvalue weighted by Crippen LogP contribution is -1.99. The number of aliphatic hydroxyl groups is 1. The summed E-state index contributed by atoms with van der Waals surface area (Å²) >= 11 is 0. The number of aliphatic hydroxyl groups excluding tert-OH is 1. The van der Waals surface area contributed by atoms with Gasteiger partial charge in [0.25, 0.3) is 0 Å². The van der Waals surface area contributed by atoms with Crippen LogP contribution in [0.1, 0.15) is 124 Å². The number of hydrogen-bond acceptors (Lipinski definition) is 3. The molecular weight excluding hydrogens is 408 g/mol. The highest BCUT2D eigenvalue weighted by atomic mass is 16.5. The van der Waals surface area contributed by atoms with E-state index in [4.69, 9.17) is 9.84 Å². The Morgan fingerprint density at radius 1 is 0.636 bits per heavy atom. The Hall–Kier alpha value is -1.61. The molecule has 0 spiro atoms. The Labute approximate surface area is 206 Å². The lowest BCUT2D eigenvalue weighted by Gasteiger charge is -1.98. The minimum atomic E-state index is -0.187. The zero-order valence-electron chi connectivity index (χ0n) is 22.1. The van der Waals surface area contributed by atoms with Crippen molar-refractivity contribution in [2.75, 3.05) is 13.2 Å². The first kappa shape index (κ1) is 33.6. The van der Waals surface area contributed by atoms with Crippen molar-refractivity contribution in [2.45, 2.75) is 124 Å². The largest absolute Gasteiger partial charge is 0.466 e. The molecule has 3 heteroatoms. The van der Waals surface area contributed by atoms with Gasteiger partial charge in [-0.2, -0.15) is 0 Å². The first-order valence-corrected chi connectivity index (χ1v) is 13.5. The molecule has 0 amide bonds. The number of esters is 1. The molecule has 0 saturated heterocycles. The van der Waals surface area contributed by atoms with Gasteiger partial charge in [0.1, 0.15) is 0 Å². The van der Waals surface area contributed by atoms with E-state index in [9.17, 15) is 4.79 Å². The van der Waals surface area contributed by atoms with Gasteiger partial charge in [-0.1, -0.05) is 81.2 Å². The minimum Gasteiger partial charge on any atom is -0.466 e. The summed E-state index contributed by atoms with van der Waals surface area (Å²) in [4.78, 5) is 10.5. The molecule has 0 aliphatic carbocycles. The van der Waals surface area contributed by atoms with Gasteiger partial charge in [-0.25, -0.2) is 0 Å². The zero-order chi connectivity index (χ0) is 24.7.